The predicted octanol–water partition coefficient (Wildman–Crippen LogP) is 3.60. The van der Waals surface area contributed by atoms with Crippen LogP contribution in [0.15, 0.2) is 53.4 Å². The van der Waals surface area contributed by atoms with Crippen molar-refractivity contribution in [2.24, 2.45) is 0 Å². The molecule has 1 atom stereocenters. The molecule has 1 fully saturated rings. The second-order valence-electron chi connectivity index (χ2n) is 6.20. The summed E-state index contributed by atoms with van der Waals surface area (Å²) in [5.41, 5.74) is 1.48. The first-order valence-electron chi connectivity index (χ1n) is 8.70. The average molecular weight is 430 g/mol. The van der Waals surface area contributed by atoms with E-state index in [4.69, 9.17) is 21.7 Å². The average Bonchev–Trinajstić information content (AvgIpc) is 3.00. The van der Waals surface area contributed by atoms with Crippen LogP contribution in [0.2, 0.25) is 0 Å². The minimum atomic E-state index is -1.10. The second-order valence-corrected chi connectivity index (χ2v) is 7.88. The number of nitrogens with zero attached hydrogens (tertiary/aromatic N) is 1. The van der Waals surface area contributed by atoms with Crippen molar-refractivity contribution >= 4 is 46.3 Å². The zero-order valence-electron chi connectivity index (χ0n) is 15.8. The Kier molecular flexibility index (Phi) is 6.56. The Labute approximate surface area is 178 Å². The molecule has 3 rings (SSSR count). The first-order valence-corrected chi connectivity index (χ1v) is 9.93. The third kappa shape index (κ3) is 4.60. The quantitative estimate of drug-likeness (QED) is 0.532. The summed E-state index contributed by atoms with van der Waals surface area (Å²) in [6, 6.07) is 13.3. The van der Waals surface area contributed by atoms with E-state index in [0.717, 1.165) is 17.3 Å². The molecule has 6 nitrogen and oxygen atoms in total. The smallest absolute Gasteiger partial charge is 0.327 e. The van der Waals surface area contributed by atoms with Crippen molar-refractivity contribution in [1.82, 2.24) is 4.90 Å². The summed E-state index contributed by atoms with van der Waals surface area (Å²) in [6.45, 7) is 0. The number of carbonyl (C=O) groups excluding carboxylic acids is 1. The van der Waals surface area contributed by atoms with Gasteiger partial charge in [0.2, 0.25) is 0 Å². The van der Waals surface area contributed by atoms with Crippen LogP contribution in [0.5, 0.6) is 11.5 Å². The number of thioether (sulfide) groups is 1. The van der Waals surface area contributed by atoms with Gasteiger partial charge in [-0.15, -0.1) is 0 Å². The minimum absolute atomic E-state index is 0.168. The summed E-state index contributed by atoms with van der Waals surface area (Å²) in [5, 5.41) is 9.73. The van der Waals surface area contributed by atoms with Gasteiger partial charge in [0.25, 0.3) is 5.91 Å². The summed E-state index contributed by atoms with van der Waals surface area (Å²) in [4.78, 5) is 26.4. The number of rotatable bonds is 7. The van der Waals surface area contributed by atoms with E-state index in [2.05, 4.69) is 0 Å². The van der Waals surface area contributed by atoms with Crippen LogP contribution in [0.1, 0.15) is 11.1 Å². The van der Waals surface area contributed by atoms with E-state index in [1.54, 1.807) is 31.4 Å². The molecule has 0 saturated carbocycles. The fraction of sp³-hybridized carbons (Fsp3) is 0.190. The van der Waals surface area contributed by atoms with E-state index in [-0.39, 0.29) is 10.7 Å². The van der Waals surface area contributed by atoms with Crippen LogP contribution in [0.25, 0.3) is 6.08 Å². The number of hydrogen-bond acceptors (Lipinski definition) is 6. The molecule has 2 aromatic carbocycles. The summed E-state index contributed by atoms with van der Waals surface area (Å²) in [6.07, 6.45) is 1.82. The molecule has 29 heavy (non-hydrogen) atoms. The molecule has 1 saturated heterocycles. The largest absolute Gasteiger partial charge is 0.497 e. The Balaban J connectivity index is 1.90. The van der Waals surface area contributed by atoms with Crippen LogP contribution in [0, 0.1) is 0 Å². The van der Waals surface area contributed by atoms with Gasteiger partial charge in [-0.05, 0) is 23.8 Å². The van der Waals surface area contributed by atoms with Crippen LogP contribution in [0.3, 0.4) is 0 Å². The normalized spacial score (nSPS) is 16.2. The Morgan fingerprint density at radius 1 is 1.21 bits per heavy atom. The molecule has 1 amide bonds. The van der Waals surface area contributed by atoms with Crippen molar-refractivity contribution < 1.29 is 24.2 Å². The Bertz CT molecular complexity index is 974. The second kappa shape index (κ2) is 9.11. The number of methoxy groups -OCH3 is 2. The highest BCUT2D eigenvalue weighted by molar-refractivity contribution is 8.26. The van der Waals surface area contributed by atoms with E-state index < -0.39 is 17.9 Å². The molecule has 0 aliphatic carbocycles. The van der Waals surface area contributed by atoms with Gasteiger partial charge in [0, 0.05) is 18.1 Å². The molecule has 1 aliphatic rings. The third-order valence-corrected chi connectivity index (χ3v) is 5.75. The summed E-state index contributed by atoms with van der Waals surface area (Å²) in [5.74, 6) is -0.372. The highest BCUT2D eigenvalue weighted by Gasteiger charge is 2.40. The van der Waals surface area contributed by atoms with E-state index in [0.29, 0.717) is 22.0 Å². The molecule has 2 aromatic rings. The number of benzene rings is 2. The summed E-state index contributed by atoms with van der Waals surface area (Å²) >= 11 is 6.42. The topological polar surface area (TPSA) is 76.1 Å². The van der Waals surface area contributed by atoms with E-state index in [1.165, 1.54) is 12.0 Å². The molecule has 0 radical (unpaired) electrons. The number of aliphatic carboxylic acids is 1. The molecule has 0 aromatic heterocycles. The first kappa shape index (κ1) is 20.9. The minimum Gasteiger partial charge on any atom is -0.497 e. The van der Waals surface area contributed by atoms with Crippen molar-refractivity contribution in [3.8, 4) is 11.5 Å². The van der Waals surface area contributed by atoms with Gasteiger partial charge < -0.3 is 14.6 Å². The lowest BCUT2D eigenvalue weighted by molar-refractivity contribution is -0.145. The lowest BCUT2D eigenvalue weighted by Crippen LogP contribution is -2.45. The molecule has 1 aliphatic heterocycles. The highest BCUT2D eigenvalue weighted by Crippen LogP contribution is 2.36. The van der Waals surface area contributed by atoms with Gasteiger partial charge in [0.1, 0.15) is 21.9 Å². The van der Waals surface area contributed by atoms with Crippen LogP contribution >= 0.6 is 24.0 Å². The molecular weight excluding hydrogens is 410 g/mol. The number of carboxylic acids is 1. The molecule has 150 valence electrons. The van der Waals surface area contributed by atoms with Crippen molar-refractivity contribution in [2.45, 2.75) is 12.5 Å². The van der Waals surface area contributed by atoms with Crippen LogP contribution in [0.4, 0.5) is 0 Å². The predicted molar refractivity (Wildman–Crippen MR) is 116 cm³/mol. The van der Waals surface area contributed by atoms with Crippen LogP contribution < -0.4 is 9.47 Å². The lowest BCUT2D eigenvalue weighted by Gasteiger charge is -2.23. The molecular formula is C21H19NO5S2. The molecule has 0 bridgehead atoms. The zero-order valence-corrected chi connectivity index (χ0v) is 17.5. The first-order chi connectivity index (χ1) is 13.9. The van der Waals surface area contributed by atoms with Crippen molar-refractivity contribution in [3.63, 3.8) is 0 Å². The Morgan fingerprint density at radius 3 is 2.55 bits per heavy atom. The summed E-state index contributed by atoms with van der Waals surface area (Å²) < 4.78 is 10.8. The maximum absolute atomic E-state index is 13.0. The van der Waals surface area contributed by atoms with Gasteiger partial charge in [-0.1, -0.05) is 54.3 Å². The van der Waals surface area contributed by atoms with Gasteiger partial charge in [-0.25, -0.2) is 4.79 Å². The van der Waals surface area contributed by atoms with Gasteiger partial charge in [-0.3, -0.25) is 9.69 Å². The van der Waals surface area contributed by atoms with Gasteiger partial charge in [0.05, 0.1) is 19.1 Å². The fourth-order valence-corrected chi connectivity index (χ4v) is 4.30. The molecule has 1 unspecified atom stereocenters. The monoisotopic (exact) mass is 429 g/mol. The fourth-order valence-electron chi connectivity index (χ4n) is 2.95. The maximum Gasteiger partial charge on any atom is 0.327 e. The van der Waals surface area contributed by atoms with Crippen molar-refractivity contribution in [3.05, 3.63) is 64.6 Å². The van der Waals surface area contributed by atoms with Crippen LogP contribution in [-0.2, 0) is 16.0 Å². The van der Waals surface area contributed by atoms with E-state index >= 15 is 0 Å². The Hall–Kier alpha value is -2.84. The molecule has 0 spiro atoms. The number of thiocarbonyl (C=S) groups is 1. The van der Waals surface area contributed by atoms with Crippen LogP contribution in [-0.4, -0.2) is 46.5 Å². The van der Waals surface area contributed by atoms with Crippen molar-refractivity contribution in [2.75, 3.05) is 14.2 Å². The number of ether oxygens (including phenoxy) is 2. The number of carboxylic acid groups (broad SMARTS) is 1. The van der Waals surface area contributed by atoms with E-state index in [1.807, 2.05) is 30.3 Å². The standard InChI is InChI=1S/C21H19NO5S2/c1-26-15-9-8-14(17(12-15)27-2)11-18-19(23)22(21(28)29-18)16(20(24)25)10-13-6-4-3-5-7-13/h3-9,11-12,16H,10H2,1-2H3,(H,24,25). The number of amides is 1. The Morgan fingerprint density at radius 2 is 1.93 bits per heavy atom. The number of carbonyl (C=O) groups is 2. The van der Waals surface area contributed by atoms with Gasteiger partial charge in [0.15, 0.2) is 0 Å². The van der Waals surface area contributed by atoms with Gasteiger partial charge in [-0.2, -0.15) is 0 Å². The maximum atomic E-state index is 13.0. The SMILES string of the molecule is COc1ccc(C=C2SC(=S)N(C(Cc3ccccc3)C(=O)O)C2=O)c(OC)c1. The third-order valence-electron chi connectivity index (χ3n) is 4.42. The number of hydrogen-bond donors (Lipinski definition) is 1. The van der Waals surface area contributed by atoms with Crippen molar-refractivity contribution in [1.29, 1.82) is 0 Å². The van der Waals surface area contributed by atoms with Gasteiger partial charge >= 0.3 is 5.97 Å². The lowest BCUT2D eigenvalue weighted by atomic mass is 10.0. The molecule has 1 heterocycles. The van der Waals surface area contributed by atoms with E-state index in [9.17, 15) is 14.7 Å². The molecule has 1 N–H and O–H groups in total. The zero-order chi connectivity index (χ0) is 21.0. The summed E-state index contributed by atoms with van der Waals surface area (Å²) in [7, 11) is 3.08. The molecule has 8 heteroatoms. The highest BCUT2D eigenvalue weighted by atomic mass is 32.2.